The molecule has 0 aromatic heterocycles. The van der Waals surface area contributed by atoms with E-state index in [2.05, 4.69) is 15.4 Å². The average molecular weight is 226 g/mol. The van der Waals surface area contributed by atoms with Crippen LogP contribution < -0.4 is 0 Å². The highest BCUT2D eigenvalue weighted by atomic mass is 16.5. The summed E-state index contributed by atoms with van der Waals surface area (Å²) in [5.41, 5.74) is -1.72. The van der Waals surface area contributed by atoms with E-state index in [9.17, 15) is 14.4 Å². The smallest absolute Gasteiger partial charge is 0.324 e. The minimum Gasteiger partial charge on any atom is -0.468 e. The number of Topliss-reactive ketones (excluding diaryl/α,β-unsaturated/α-hetero) is 1. The number of carbonyl (C=O) groups is 3. The van der Waals surface area contributed by atoms with Gasteiger partial charge < -0.3 is 9.47 Å². The molecule has 0 heterocycles. The number of esters is 2. The molecule has 0 aromatic rings. The molecular weight excluding hydrogens is 212 g/mol. The lowest BCUT2D eigenvalue weighted by Gasteiger charge is -2.24. The first-order valence-electron chi connectivity index (χ1n) is 4.54. The van der Waals surface area contributed by atoms with E-state index in [1.807, 2.05) is 0 Å². The summed E-state index contributed by atoms with van der Waals surface area (Å²) >= 11 is 0. The van der Waals surface area contributed by atoms with Gasteiger partial charge in [0.15, 0.2) is 5.41 Å². The molecule has 0 aliphatic heterocycles. The minimum absolute atomic E-state index is 0.230. The van der Waals surface area contributed by atoms with E-state index in [1.165, 1.54) is 6.92 Å². The van der Waals surface area contributed by atoms with Crippen LogP contribution in [-0.4, -0.2) is 31.9 Å². The van der Waals surface area contributed by atoms with Gasteiger partial charge in [-0.1, -0.05) is 0 Å². The lowest BCUT2D eigenvalue weighted by molar-refractivity contribution is -0.170. The molecule has 0 spiro atoms. The van der Waals surface area contributed by atoms with Crippen molar-refractivity contribution in [2.24, 2.45) is 5.41 Å². The van der Waals surface area contributed by atoms with Crippen molar-refractivity contribution < 1.29 is 23.9 Å². The van der Waals surface area contributed by atoms with E-state index >= 15 is 0 Å². The molecule has 0 rings (SSSR count). The summed E-state index contributed by atoms with van der Waals surface area (Å²) in [5, 5.41) is 0. The van der Waals surface area contributed by atoms with Gasteiger partial charge in [0.2, 0.25) is 0 Å². The number of hydrogen-bond acceptors (Lipinski definition) is 5. The Labute approximate surface area is 94.1 Å². The van der Waals surface area contributed by atoms with Crippen molar-refractivity contribution in [2.75, 3.05) is 14.2 Å². The second kappa shape index (κ2) is 5.91. The van der Waals surface area contributed by atoms with Crippen LogP contribution in [0.2, 0.25) is 0 Å². The van der Waals surface area contributed by atoms with Gasteiger partial charge in [-0.3, -0.25) is 14.4 Å². The summed E-state index contributed by atoms with van der Waals surface area (Å²) in [7, 11) is 2.24. The third-order valence-electron chi connectivity index (χ3n) is 2.11. The highest BCUT2D eigenvalue weighted by Crippen LogP contribution is 2.30. The number of ketones is 1. The van der Waals surface area contributed by atoms with Crippen molar-refractivity contribution in [3.05, 3.63) is 0 Å². The van der Waals surface area contributed by atoms with Crippen molar-refractivity contribution >= 4 is 17.7 Å². The number of rotatable bonds is 5. The molecule has 5 heteroatoms. The fourth-order valence-electron chi connectivity index (χ4n) is 1.42. The zero-order valence-corrected chi connectivity index (χ0v) is 9.53. The first-order valence-corrected chi connectivity index (χ1v) is 4.54. The maximum Gasteiger partial charge on any atom is 0.324 e. The van der Waals surface area contributed by atoms with Gasteiger partial charge in [0.1, 0.15) is 5.78 Å². The van der Waals surface area contributed by atoms with Crippen molar-refractivity contribution in [3.63, 3.8) is 0 Å². The molecule has 0 fully saturated rings. The number of ether oxygens (including phenoxy) is 2. The molecule has 0 saturated carbocycles. The maximum atomic E-state index is 11.6. The molecule has 0 aliphatic rings. The van der Waals surface area contributed by atoms with Crippen LogP contribution in [0.1, 0.15) is 19.8 Å². The minimum atomic E-state index is -1.72. The van der Waals surface area contributed by atoms with E-state index in [0.29, 0.717) is 0 Å². The van der Waals surface area contributed by atoms with Crippen LogP contribution in [0.4, 0.5) is 0 Å². The number of carbonyl (C=O) groups excluding carboxylic acids is 3. The Kier molecular flexibility index (Phi) is 5.23. The van der Waals surface area contributed by atoms with E-state index < -0.39 is 17.4 Å². The van der Waals surface area contributed by atoms with Crippen molar-refractivity contribution in [1.29, 1.82) is 0 Å². The zero-order chi connectivity index (χ0) is 12.8. The van der Waals surface area contributed by atoms with Gasteiger partial charge in [0.25, 0.3) is 0 Å². The highest BCUT2D eigenvalue weighted by Gasteiger charge is 2.48. The zero-order valence-electron chi connectivity index (χ0n) is 9.53. The lowest BCUT2D eigenvalue weighted by atomic mass is 9.80. The first-order chi connectivity index (χ1) is 7.44. The van der Waals surface area contributed by atoms with Crippen molar-refractivity contribution in [2.45, 2.75) is 19.8 Å². The van der Waals surface area contributed by atoms with Gasteiger partial charge in [0.05, 0.1) is 14.2 Å². The van der Waals surface area contributed by atoms with Crippen LogP contribution in [0.25, 0.3) is 0 Å². The molecule has 0 radical (unpaired) electrons. The van der Waals surface area contributed by atoms with Crippen molar-refractivity contribution in [1.82, 2.24) is 0 Å². The molecule has 0 unspecified atom stereocenters. The van der Waals surface area contributed by atoms with Crippen LogP contribution >= 0.6 is 0 Å². The summed E-state index contributed by atoms with van der Waals surface area (Å²) < 4.78 is 9.01. The standard InChI is InChI=1S/C11H14O5/c1-5-6-11(7-8(2)12,9(13)15-3)10(14)16-4/h1H,6-7H2,2-4H3. The Morgan fingerprint density at radius 1 is 1.19 bits per heavy atom. The monoisotopic (exact) mass is 226 g/mol. The van der Waals surface area contributed by atoms with Crippen molar-refractivity contribution in [3.8, 4) is 12.3 Å². The van der Waals surface area contributed by atoms with Crippen LogP contribution in [0.5, 0.6) is 0 Å². The van der Waals surface area contributed by atoms with E-state index in [1.54, 1.807) is 0 Å². The normalized spacial score (nSPS) is 10.1. The summed E-state index contributed by atoms with van der Waals surface area (Å²) in [6.07, 6.45) is 4.55. The third-order valence-corrected chi connectivity index (χ3v) is 2.11. The van der Waals surface area contributed by atoms with Gasteiger partial charge in [-0.25, -0.2) is 0 Å². The molecule has 16 heavy (non-hydrogen) atoms. The summed E-state index contributed by atoms with van der Waals surface area (Å²) in [6, 6.07) is 0. The number of hydrogen-bond donors (Lipinski definition) is 0. The quantitative estimate of drug-likeness (QED) is 0.383. The van der Waals surface area contributed by atoms with Crippen LogP contribution in [0.15, 0.2) is 0 Å². The van der Waals surface area contributed by atoms with E-state index in [0.717, 1.165) is 14.2 Å². The summed E-state index contributed by atoms with van der Waals surface area (Å²) in [4.78, 5) is 34.3. The molecule has 0 amide bonds. The van der Waals surface area contributed by atoms with Gasteiger partial charge in [-0.05, 0) is 6.92 Å². The fourth-order valence-corrected chi connectivity index (χ4v) is 1.42. The molecule has 0 atom stereocenters. The lowest BCUT2D eigenvalue weighted by Crippen LogP contribution is -2.42. The Hall–Kier alpha value is -1.83. The predicted molar refractivity (Wildman–Crippen MR) is 55.2 cm³/mol. The third kappa shape index (κ3) is 2.83. The second-order valence-corrected chi connectivity index (χ2v) is 3.32. The van der Waals surface area contributed by atoms with E-state index in [-0.39, 0.29) is 18.6 Å². The molecule has 0 aliphatic carbocycles. The first kappa shape index (κ1) is 14.2. The molecular formula is C11H14O5. The van der Waals surface area contributed by atoms with Crippen LogP contribution in [-0.2, 0) is 23.9 Å². The second-order valence-electron chi connectivity index (χ2n) is 3.32. The molecule has 0 aromatic carbocycles. The van der Waals surface area contributed by atoms with Gasteiger partial charge in [0, 0.05) is 12.8 Å². The Morgan fingerprint density at radius 2 is 1.62 bits per heavy atom. The molecule has 0 saturated heterocycles. The van der Waals surface area contributed by atoms with Gasteiger partial charge in [-0.2, -0.15) is 0 Å². The van der Waals surface area contributed by atoms with Gasteiger partial charge >= 0.3 is 11.9 Å². The summed E-state index contributed by atoms with van der Waals surface area (Å²) in [6.45, 7) is 1.26. The highest BCUT2D eigenvalue weighted by molar-refractivity contribution is 6.03. The predicted octanol–water partition coefficient (Wildman–Crippen LogP) is 0.321. The van der Waals surface area contributed by atoms with Crippen LogP contribution in [0.3, 0.4) is 0 Å². The molecule has 88 valence electrons. The largest absolute Gasteiger partial charge is 0.468 e. The Balaban J connectivity index is 5.39. The van der Waals surface area contributed by atoms with Crippen LogP contribution in [0, 0.1) is 17.8 Å². The number of methoxy groups -OCH3 is 2. The maximum absolute atomic E-state index is 11.6. The summed E-state index contributed by atoms with van der Waals surface area (Å²) in [5.74, 6) is 0.141. The SMILES string of the molecule is C#CCC(CC(C)=O)(C(=O)OC)C(=O)OC. The number of terminal acetylenes is 1. The topological polar surface area (TPSA) is 69.7 Å². The molecule has 0 bridgehead atoms. The molecule has 0 N–H and O–H groups in total. The van der Waals surface area contributed by atoms with Gasteiger partial charge in [-0.15, -0.1) is 12.3 Å². The Morgan fingerprint density at radius 3 is 1.88 bits per heavy atom. The Bertz CT molecular complexity index is 321. The fraction of sp³-hybridized carbons (Fsp3) is 0.545. The molecule has 5 nitrogen and oxygen atoms in total. The average Bonchev–Trinajstić information content (AvgIpc) is 2.25. The van der Waals surface area contributed by atoms with E-state index in [4.69, 9.17) is 6.42 Å².